The Labute approximate surface area is 218 Å². The number of amides is 1. The second kappa shape index (κ2) is 10.7. The average molecular weight is 489 g/mol. The van der Waals surface area contributed by atoms with E-state index in [4.69, 9.17) is 10.7 Å². The largest absolute Gasteiger partial charge is 0.375 e. The van der Waals surface area contributed by atoms with Crippen molar-refractivity contribution >= 4 is 28.2 Å². The highest BCUT2D eigenvalue weighted by atomic mass is 16.1. The molecule has 0 saturated carbocycles. The molecular formula is C32H32N4O. The van der Waals surface area contributed by atoms with Crippen molar-refractivity contribution in [3.8, 4) is 0 Å². The van der Waals surface area contributed by atoms with Crippen LogP contribution in [0.5, 0.6) is 0 Å². The summed E-state index contributed by atoms with van der Waals surface area (Å²) in [4.78, 5) is 19.3. The number of allylic oxidation sites excluding steroid dienone is 2. The number of anilines is 2. The molecule has 1 aromatic heterocycles. The first-order chi connectivity index (χ1) is 18.0. The minimum atomic E-state index is -0.487. The quantitative estimate of drug-likeness (QED) is 0.296. The Kier molecular flexibility index (Phi) is 7.04. The Bertz CT molecular complexity index is 1450. The van der Waals surface area contributed by atoms with Crippen LogP contribution in [0.1, 0.15) is 24.1 Å². The molecule has 3 aromatic carbocycles. The third-order valence-corrected chi connectivity index (χ3v) is 6.93. The first-order valence-corrected chi connectivity index (χ1v) is 12.7. The molecule has 4 aromatic rings. The second-order valence-electron chi connectivity index (χ2n) is 9.69. The summed E-state index contributed by atoms with van der Waals surface area (Å²) in [6, 6.07) is 31.2. The standard InChI is InChI=1S/C32H32N4O/c1-24-21-30(28-16-8-9-17-29(28)34-24)35-32(18-10-13-26(22-32)31(33)37)19-20-36(27-14-6-3-7-15-27)23-25-11-4-2-5-12-25/h2-18,21H,19-20,22-23H2,1H3,(H2,33,37)(H,34,35). The van der Waals surface area contributed by atoms with Gasteiger partial charge in [0.1, 0.15) is 0 Å². The lowest BCUT2D eigenvalue weighted by molar-refractivity contribution is -0.114. The second-order valence-corrected chi connectivity index (χ2v) is 9.69. The smallest absolute Gasteiger partial charge is 0.244 e. The summed E-state index contributed by atoms with van der Waals surface area (Å²) in [5, 5.41) is 4.89. The molecule has 0 radical (unpaired) electrons. The fraction of sp³-hybridized carbons (Fsp3) is 0.188. The molecular weight excluding hydrogens is 456 g/mol. The van der Waals surface area contributed by atoms with Gasteiger partial charge in [0.2, 0.25) is 5.91 Å². The van der Waals surface area contributed by atoms with Gasteiger partial charge in [0.05, 0.1) is 11.1 Å². The number of nitrogens with zero attached hydrogens (tertiary/aromatic N) is 2. The van der Waals surface area contributed by atoms with Gasteiger partial charge in [-0.25, -0.2) is 0 Å². The number of para-hydroxylation sites is 2. The number of rotatable bonds is 9. The number of carbonyl (C=O) groups is 1. The van der Waals surface area contributed by atoms with Crippen LogP contribution < -0.4 is 16.0 Å². The summed E-state index contributed by atoms with van der Waals surface area (Å²) in [6.07, 6.45) is 7.25. The van der Waals surface area contributed by atoms with Crippen LogP contribution in [0.4, 0.5) is 11.4 Å². The van der Waals surface area contributed by atoms with Crippen LogP contribution in [0, 0.1) is 6.92 Å². The van der Waals surface area contributed by atoms with Crippen molar-refractivity contribution in [2.75, 3.05) is 16.8 Å². The third kappa shape index (κ3) is 5.72. The lowest BCUT2D eigenvalue weighted by atomic mass is 9.82. The number of primary amides is 1. The lowest BCUT2D eigenvalue weighted by Gasteiger charge is -2.38. The number of fused-ring (bicyclic) bond motifs is 1. The zero-order chi connectivity index (χ0) is 25.7. The fourth-order valence-electron chi connectivity index (χ4n) is 5.05. The van der Waals surface area contributed by atoms with E-state index in [2.05, 4.69) is 77.0 Å². The Morgan fingerprint density at radius 1 is 1.00 bits per heavy atom. The molecule has 186 valence electrons. The molecule has 1 heterocycles. The van der Waals surface area contributed by atoms with Crippen molar-refractivity contribution in [1.82, 2.24) is 4.98 Å². The minimum Gasteiger partial charge on any atom is -0.375 e. The molecule has 5 heteroatoms. The molecule has 1 amide bonds. The van der Waals surface area contributed by atoms with Gasteiger partial charge >= 0.3 is 0 Å². The zero-order valence-electron chi connectivity index (χ0n) is 21.1. The first-order valence-electron chi connectivity index (χ1n) is 12.7. The van der Waals surface area contributed by atoms with Crippen LogP contribution in [0.3, 0.4) is 0 Å². The molecule has 1 unspecified atom stereocenters. The topological polar surface area (TPSA) is 71.2 Å². The molecule has 0 fully saturated rings. The Morgan fingerprint density at radius 2 is 1.70 bits per heavy atom. The van der Waals surface area contributed by atoms with Gasteiger partial charge in [0.25, 0.3) is 0 Å². The van der Waals surface area contributed by atoms with Gasteiger partial charge in [-0.15, -0.1) is 0 Å². The molecule has 0 spiro atoms. The van der Waals surface area contributed by atoms with Gasteiger partial charge in [-0.2, -0.15) is 0 Å². The predicted molar refractivity (Wildman–Crippen MR) is 152 cm³/mol. The summed E-state index contributed by atoms with van der Waals surface area (Å²) in [7, 11) is 0. The maximum atomic E-state index is 12.2. The van der Waals surface area contributed by atoms with E-state index in [1.807, 2.05) is 49.4 Å². The van der Waals surface area contributed by atoms with Crippen molar-refractivity contribution in [2.24, 2.45) is 5.73 Å². The normalized spacial score (nSPS) is 16.8. The summed E-state index contributed by atoms with van der Waals surface area (Å²) in [6.45, 7) is 3.58. The highest BCUT2D eigenvalue weighted by Crippen LogP contribution is 2.34. The number of pyridine rings is 1. The monoisotopic (exact) mass is 488 g/mol. The third-order valence-electron chi connectivity index (χ3n) is 6.93. The predicted octanol–water partition coefficient (Wildman–Crippen LogP) is 6.16. The molecule has 37 heavy (non-hydrogen) atoms. The van der Waals surface area contributed by atoms with Crippen LogP contribution in [-0.4, -0.2) is 23.0 Å². The number of nitrogens with two attached hydrogens (primary N) is 1. The Morgan fingerprint density at radius 3 is 2.46 bits per heavy atom. The number of hydrogen-bond acceptors (Lipinski definition) is 4. The number of benzene rings is 3. The van der Waals surface area contributed by atoms with E-state index in [1.54, 1.807) is 0 Å². The minimum absolute atomic E-state index is 0.379. The maximum Gasteiger partial charge on any atom is 0.244 e. The van der Waals surface area contributed by atoms with Crippen LogP contribution in [0.25, 0.3) is 10.9 Å². The van der Waals surface area contributed by atoms with Gasteiger partial charge in [-0.3, -0.25) is 9.78 Å². The van der Waals surface area contributed by atoms with Crippen molar-refractivity contribution < 1.29 is 4.79 Å². The van der Waals surface area contributed by atoms with Gasteiger partial charge < -0.3 is 16.0 Å². The van der Waals surface area contributed by atoms with Crippen molar-refractivity contribution in [2.45, 2.75) is 31.8 Å². The number of carbonyl (C=O) groups excluding carboxylic acids is 1. The molecule has 0 saturated heterocycles. The maximum absolute atomic E-state index is 12.2. The van der Waals surface area contributed by atoms with Gasteiger partial charge in [0.15, 0.2) is 0 Å². The Balaban J connectivity index is 1.48. The van der Waals surface area contributed by atoms with Crippen LogP contribution >= 0.6 is 0 Å². The summed E-state index contributed by atoms with van der Waals surface area (Å²) >= 11 is 0. The van der Waals surface area contributed by atoms with E-state index in [1.165, 1.54) is 5.56 Å². The van der Waals surface area contributed by atoms with Crippen molar-refractivity contribution in [1.29, 1.82) is 0 Å². The summed E-state index contributed by atoms with van der Waals surface area (Å²) in [5.74, 6) is -0.379. The molecule has 1 aliphatic rings. The van der Waals surface area contributed by atoms with E-state index in [9.17, 15) is 4.79 Å². The number of aromatic nitrogens is 1. The van der Waals surface area contributed by atoms with Crippen LogP contribution in [0.2, 0.25) is 0 Å². The number of hydrogen-bond donors (Lipinski definition) is 2. The first kappa shape index (κ1) is 24.3. The van der Waals surface area contributed by atoms with E-state index in [0.717, 1.165) is 47.5 Å². The number of aryl methyl sites for hydroxylation is 1. The van der Waals surface area contributed by atoms with E-state index in [0.29, 0.717) is 12.0 Å². The fourth-order valence-corrected chi connectivity index (χ4v) is 5.05. The lowest BCUT2D eigenvalue weighted by Crippen LogP contribution is -2.43. The molecule has 3 N–H and O–H groups in total. The van der Waals surface area contributed by atoms with Crippen molar-refractivity contribution in [3.63, 3.8) is 0 Å². The van der Waals surface area contributed by atoms with Crippen LogP contribution in [0.15, 0.2) is 115 Å². The summed E-state index contributed by atoms with van der Waals surface area (Å²) < 4.78 is 0. The zero-order valence-corrected chi connectivity index (χ0v) is 21.1. The molecule has 5 nitrogen and oxygen atoms in total. The SMILES string of the molecule is Cc1cc(NC2(CCN(Cc3ccccc3)c3ccccc3)C=CC=C(C(N)=O)C2)c2ccccc2n1. The molecule has 0 bridgehead atoms. The number of nitrogens with one attached hydrogen (secondary N) is 1. The van der Waals surface area contributed by atoms with E-state index < -0.39 is 5.54 Å². The summed E-state index contributed by atoms with van der Waals surface area (Å²) in [5.41, 5.74) is 11.2. The van der Waals surface area contributed by atoms with Gasteiger partial charge in [-0.1, -0.05) is 85.0 Å². The van der Waals surface area contributed by atoms with Crippen molar-refractivity contribution in [3.05, 3.63) is 126 Å². The molecule has 0 aliphatic heterocycles. The molecule has 1 aliphatic carbocycles. The highest BCUT2D eigenvalue weighted by molar-refractivity contribution is 5.94. The average Bonchev–Trinajstić information content (AvgIpc) is 2.92. The van der Waals surface area contributed by atoms with Gasteiger partial charge in [0, 0.05) is 47.5 Å². The van der Waals surface area contributed by atoms with E-state index >= 15 is 0 Å². The van der Waals surface area contributed by atoms with E-state index in [-0.39, 0.29) is 5.91 Å². The molecule has 1 atom stereocenters. The van der Waals surface area contributed by atoms with Gasteiger partial charge in [-0.05, 0) is 43.2 Å². The van der Waals surface area contributed by atoms with Crippen LogP contribution in [-0.2, 0) is 11.3 Å². The Hall–Kier alpha value is -4.38. The highest BCUT2D eigenvalue weighted by Gasteiger charge is 2.33. The molecule has 5 rings (SSSR count).